The van der Waals surface area contributed by atoms with Gasteiger partial charge < -0.3 is 0 Å². The standard InChI is InChI=1S/C10H10N2O4S/c13-7-1-2-8(14)11(7)3-4-12-9(15)5-6(17)10(12)16/h1-2,6,17H,3-5H2. The minimum atomic E-state index is -0.606. The van der Waals surface area contributed by atoms with Crippen molar-refractivity contribution in [2.45, 2.75) is 11.7 Å². The van der Waals surface area contributed by atoms with E-state index in [-0.39, 0.29) is 31.3 Å². The molecule has 0 aliphatic carbocycles. The molecule has 0 aromatic carbocycles. The number of carbonyl (C=O) groups is 4. The Morgan fingerprint density at radius 1 is 1.06 bits per heavy atom. The van der Waals surface area contributed by atoms with E-state index in [1.807, 2.05) is 0 Å². The van der Waals surface area contributed by atoms with Gasteiger partial charge >= 0.3 is 0 Å². The van der Waals surface area contributed by atoms with E-state index in [0.717, 1.165) is 22.0 Å². The van der Waals surface area contributed by atoms with E-state index >= 15 is 0 Å². The van der Waals surface area contributed by atoms with Crippen molar-refractivity contribution >= 4 is 36.3 Å². The summed E-state index contributed by atoms with van der Waals surface area (Å²) in [5.41, 5.74) is 0. The van der Waals surface area contributed by atoms with Crippen LogP contribution in [0.3, 0.4) is 0 Å². The van der Waals surface area contributed by atoms with E-state index < -0.39 is 17.1 Å². The number of carbonyl (C=O) groups excluding carboxylic acids is 4. The first-order valence-electron chi connectivity index (χ1n) is 5.06. The highest BCUT2D eigenvalue weighted by atomic mass is 32.1. The van der Waals surface area contributed by atoms with Crippen LogP contribution in [0.4, 0.5) is 0 Å². The minimum absolute atomic E-state index is 0.0304. The second kappa shape index (κ2) is 4.33. The fourth-order valence-corrected chi connectivity index (χ4v) is 2.05. The molecular weight excluding hydrogens is 244 g/mol. The van der Waals surface area contributed by atoms with Gasteiger partial charge in [-0.3, -0.25) is 29.0 Å². The van der Waals surface area contributed by atoms with Crippen LogP contribution < -0.4 is 0 Å². The number of amides is 4. The third-order valence-electron chi connectivity index (χ3n) is 2.67. The van der Waals surface area contributed by atoms with Crippen LogP contribution in [-0.4, -0.2) is 51.8 Å². The zero-order valence-corrected chi connectivity index (χ0v) is 9.72. The maximum Gasteiger partial charge on any atom is 0.253 e. The quantitative estimate of drug-likeness (QED) is 0.516. The van der Waals surface area contributed by atoms with Crippen molar-refractivity contribution in [3.8, 4) is 0 Å². The number of hydrogen-bond donors (Lipinski definition) is 1. The molecule has 0 aromatic heterocycles. The van der Waals surface area contributed by atoms with Gasteiger partial charge in [0.1, 0.15) is 0 Å². The summed E-state index contributed by atoms with van der Waals surface area (Å²) >= 11 is 3.97. The van der Waals surface area contributed by atoms with Gasteiger partial charge in [0.2, 0.25) is 11.8 Å². The molecule has 2 aliphatic heterocycles. The van der Waals surface area contributed by atoms with Crippen molar-refractivity contribution in [3.63, 3.8) is 0 Å². The lowest BCUT2D eigenvalue weighted by Gasteiger charge is -2.18. The Morgan fingerprint density at radius 2 is 1.59 bits per heavy atom. The molecule has 1 saturated heterocycles. The Balaban J connectivity index is 1.95. The van der Waals surface area contributed by atoms with Crippen molar-refractivity contribution in [1.29, 1.82) is 0 Å². The number of imide groups is 2. The number of thiol groups is 1. The van der Waals surface area contributed by atoms with Crippen molar-refractivity contribution in [2.75, 3.05) is 13.1 Å². The van der Waals surface area contributed by atoms with Crippen molar-refractivity contribution in [3.05, 3.63) is 12.2 Å². The van der Waals surface area contributed by atoms with E-state index in [4.69, 9.17) is 0 Å². The molecule has 0 N–H and O–H groups in total. The topological polar surface area (TPSA) is 74.8 Å². The van der Waals surface area contributed by atoms with Crippen molar-refractivity contribution in [1.82, 2.24) is 9.80 Å². The molecule has 2 rings (SSSR count). The maximum atomic E-state index is 11.5. The third kappa shape index (κ3) is 2.10. The zero-order chi connectivity index (χ0) is 12.6. The molecule has 1 atom stereocenters. The first kappa shape index (κ1) is 11.8. The molecule has 1 unspecified atom stereocenters. The first-order valence-corrected chi connectivity index (χ1v) is 5.58. The van der Waals surface area contributed by atoms with E-state index in [1.165, 1.54) is 0 Å². The van der Waals surface area contributed by atoms with Gasteiger partial charge in [0.05, 0.1) is 5.25 Å². The molecule has 0 spiro atoms. The molecule has 7 heteroatoms. The minimum Gasteiger partial charge on any atom is -0.280 e. The summed E-state index contributed by atoms with van der Waals surface area (Å²) in [5, 5.41) is -0.606. The highest BCUT2D eigenvalue weighted by molar-refractivity contribution is 7.81. The van der Waals surface area contributed by atoms with Crippen LogP contribution in [0.1, 0.15) is 6.42 Å². The molecule has 0 aromatic rings. The summed E-state index contributed by atoms with van der Waals surface area (Å²) in [7, 11) is 0. The van der Waals surface area contributed by atoms with E-state index in [9.17, 15) is 19.2 Å². The second-order valence-corrected chi connectivity index (χ2v) is 4.39. The summed E-state index contributed by atoms with van der Waals surface area (Å²) in [6.07, 6.45) is 2.40. The lowest BCUT2D eigenvalue weighted by Crippen LogP contribution is -2.41. The SMILES string of the molecule is O=C1C=CC(=O)N1CCN1C(=O)CC(S)C1=O. The molecule has 2 aliphatic rings. The average molecular weight is 254 g/mol. The van der Waals surface area contributed by atoms with Crippen LogP contribution in [0.25, 0.3) is 0 Å². The van der Waals surface area contributed by atoms with Gasteiger partial charge in [0.15, 0.2) is 0 Å². The molecule has 17 heavy (non-hydrogen) atoms. The van der Waals surface area contributed by atoms with E-state index in [2.05, 4.69) is 12.6 Å². The van der Waals surface area contributed by atoms with Crippen LogP contribution in [-0.2, 0) is 19.2 Å². The summed E-state index contributed by atoms with van der Waals surface area (Å²) in [6, 6.07) is 0. The van der Waals surface area contributed by atoms with Gasteiger partial charge in [-0.05, 0) is 0 Å². The van der Waals surface area contributed by atoms with E-state index in [0.29, 0.717) is 0 Å². The van der Waals surface area contributed by atoms with Crippen molar-refractivity contribution in [2.24, 2.45) is 0 Å². The number of nitrogens with zero attached hydrogens (tertiary/aromatic N) is 2. The molecule has 1 fully saturated rings. The van der Waals surface area contributed by atoms with Gasteiger partial charge in [-0.25, -0.2) is 0 Å². The molecular formula is C10H10N2O4S. The van der Waals surface area contributed by atoms with Gasteiger partial charge in [-0.2, -0.15) is 12.6 Å². The predicted molar refractivity (Wildman–Crippen MR) is 60.0 cm³/mol. The highest BCUT2D eigenvalue weighted by Crippen LogP contribution is 2.17. The molecule has 6 nitrogen and oxygen atoms in total. The molecule has 90 valence electrons. The summed E-state index contributed by atoms with van der Waals surface area (Å²) in [4.78, 5) is 47.4. The predicted octanol–water partition coefficient (Wildman–Crippen LogP) is -1.03. The fourth-order valence-electron chi connectivity index (χ4n) is 1.75. The molecule has 0 radical (unpaired) electrons. The van der Waals surface area contributed by atoms with Crippen LogP contribution in [0, 0.1) is 0 Å². The Hall–Kier alpha value is -1.63. The lowest BCUT2D eigenvalue weighted by molar-refractivity contribution is -0.142. The first-order chi connectivity index (χ1) is 8.00. The number of rotatable bonds is 3. The van der Waals surface area contributed by atoms with Crippen LogP contribution in [0.5, 0.6) is 0 Å². The van der Waals surface area contributed by atoms with Crippen LogP contribution in [0.2, 0.25) is 0 Å². The monoisotopic (exact) mass is 254 g/mol. The smallest absolute Gasteiger partial charge is 0.253 e. The fraction of sp³-hybridized carbons (Fsp3) is 0.400. The van der Waals surface area contributed by atoms with Crippen LogP contribution >= 0.6 is 12.6 Å². The maximum absolute atomic E-state index is 11.5. The van der Waals surface area contributed by atoms with Crippen molar-refractivity contribution < 1.29 is 19.2 Å². The number of likely N-dealkylation sites (tertiary alicyclic amines) is 1. The summed E-state index contributed by atoms with van der Waals surface area (Å²) < 4.78 is 0. The van der Waals surface area contributed by atoms with Gasteiger partial charge in [-0.15, -0.1) is 0 Å². The lowest BCUT2D eigenvalue weighted by atomic mass is 10.4. The summed E-state index contributed by atoms with van der Waals surface area (Å²) in [6.45, 7) is 0.0660. The van der Waals surface area contributed by atoms with E-state index in [1.54, 1.807) is 0 Å². The second-order valence-electron chi connectivity index (χ2n) is 3.76. The Bertz CT molecular complexity index is 428. The van der Waals surface area contributed by atoms with Gasteiger partial charge in [0, 0.05) is 31.7 Å². The average Bonchev–Trinajstić information content (AvgIpc) is 2.70. The third-order valence-corrected chi connectivity index (χ3v) is 3.07. The Labute approximate surface area is 103 Å². The Kier molecular flexibility index (Phi) is 3.01. The number of hydrogen-bond acceptors (Lipinski definition) is 5. The molecule has 4 amide bonds. The van der Waals surface area contributed by atoms with Gasteiger partial charge in [0.25, 0.3) is 11.8 Å². The van der Waals surface area contributed by atoms with Gasteiger partial charge in [-0.1, -0.05) is 0 Å². The normalized spacial score (nSPS) is 24.4. The molecule has 0 bridgehead atoms. The largest absolute Gasteiger partial charge is 0.280 e. The molecule has 0 saturated carbocycles. The summed E-state index contributed by atoms with van der Waals surface area (Å²) in [5.74, 6) is -1.53. The molecule has 2 heterocycles. The highest BCUT2D eigenvalue weighted by Gasteiger charge is 2.37. The zero-order valence-electron chi connectivity index (χ0n) is 8.83. The Morgan fingerprint density at radius 3 is 2.06 bits per heavy atom. The van der Waals surface area contributed by atoms with Crippen LogP contribution in [0.15, 0.2) is 12.2 Å².